The molecule has 0 aliphatic carbocycles. The van der Waals surface area contributed by atoms with Gasteiger partial charge < -0.3 is 0 Å². The van der Waals surface area contributed by atoms with Gasteiger partial charge in [-0.05, 0) is 24.6 Å². The summed E-state index contributed by atoms with van der Waals surface area (Å²) < 4.78 is 0.228. The van der Waals surface area contributed by atoms with Crippen molar-refractivity contribution in [3.8, 4) is 0 Å². The Morgan fingerprint density at radius 1 is 1.54 bits per heavy atom. The maximum atomic E-state index is 11.5. The van der Waals surface area contributed by atoms with E-state index in [0.29, 0.717) is 5.56 Å². The highest BCUT2D eigenvalue weighted by Gasteiger charge is 2.15. The second-order valence-electron chi connectivity index (χ2n) is 2.62. The molecule has 4 heteroatoms. The van der Waals surface area contributed by atoms with Gasteiger partial charge in [0.15, 0.2) is 10.1 Å². The average Bonchev–Trinajstić information content (AvgIpc) is 2.08. The maximum absolute atomic E-state index is 11.5. The molecule has 0 spiro atoms. The minimum absolute atomic E-state index is 0.111. The van der Waals surface area contributed by atoms with Crippen LogP contribution in [0.3, 0.4) is 0 Å². The molecule has 0 aliphatic rings. The van der Waals surface area contributed by atoms with Crippen LogP contribution in [0, 0.1) is 6.92 Å². The molecule has 0 amide bonds. The number of hydrogen-bond acceptors (Lipinski definition) is 1. The fraction of sp³-hybridized carbons (Fsp3) is 0.222. The van der Waals surface area contributed by atoms with Gasteiger partial charge in [-0.25, -0.2) is 0 Å². The van der Waals surface area contributed by atoms with Gasteiger partial charge >= 0.3 is 0 Å². The molecular formula is C9H7Br2ClO. The normalized spacial score (nSPS) is 12.6. The molecule has 0 aliphatic heterocycles. The van der Waals surface area contributed by atoms with E-state index in [4.69, 9.17) is 11.6 Å². The third kappa shape index (κ3) is 2.79. The number of alkyl halides is 2. The summed E-state index contributed by atoms with van der Waals surface area (Å²) in [4.78, 5) is 11.5. The van der Waals surface area contributed by atoms with Crippen LogP contribution in [-0.2, 0) is 0 Å². The van der Waals surface area contributed by atoms with Gasteiger partial charge in [-0.1, -0.05) is 37.9 Å². The number of hydrogen-bond donors (Lipinski definition) is 0. The molecule has 1 atom stereocenters. The van der Waals surface area contributed by atoms with Gasteiger partial charge in [-0.15, -0.1) is 11.6 Å². The maximum Gasteiger partial charge on any atom is 0.191 e. The fourth-order valence-corrected chi connectivity index (χ4v) is 1.70. The van der Waals surface area contributed by atoms with Crippen LogP contribution >= 0.6 is 43.5 Å². The molecule has 1 nitrogen and oxygen atoms in total. The SMILES string of the molecule is Cc1ccc(Br)cc1C(=O)C(Cl)Br. The number of rotatable bonds is 2. The van der Waals surface area contributed by atoms with E-state index in [1.54, 1.807) is 6.07 Å². The van der Waals surface area contributed by atoms with Gasteiger partial charge in [0.2, 0.25) is 0 Å². The summed E-state index contributed by atoms with van der Waals surface area (Å²) in [5.41, 5.74) is 1.57. The number of carbonyl (C=O) groups excluding carboxylic acids is 1. The van der Waals surface area contributed by atoms with Crippen molar-refractivity contribution in [1.29, 1.82) is 0 Å². The molecule has 0 fully saturated rings. The van der Waals surface area contributed by atoms with Crippen LogP contribution in [0.4, 0.5) is 0 Å². The summed E-state index contributed by atoms with van der Waals surface area (Å²) in [5.74, 6) is -0.111. The van der Waals surface area contributed by atoms with Gasteiger partial charge in [0.05, 0.1) is 0 Å². The van der Waals surface area contributed by atoms with Crippen LogP contribution in [0.15, 0.2) is 22.7 Å². The Balaban J connectivity index is 3.13. The molecule has 1 unspecified atom stereocenters. The van der Waals surface area contributed by atoms with Gasteiger partial charge in [0, 0.05) is 10.0 Å². The molecule has 13 heavy (non-hydrogen) atoms. The Kier molecular flexibility index (Phi) is 3.95. The van der Waals surface area contributed by atoms with Crippen LogP contribution in [0.25, 0.3) is 0 Å². The van der Waals surface area contributed by atoms with Crippen LogP contribution in [0.1, 0.15) is 15.9 Å². The molecule has 0 heterocycles. The van der Waals surface area contributed by atoms with Crippen LogP contribution in [0.2, 0.25) is 0 Å². The monoisotopic (exact) mass is 324 g/mol. The highest BCUT2D eigenvalue weighted by atomic mass is 79.9. The second-order valence-corrected chi connectivity index (χ2v) is 5.42. The molecule has 0 saturated carbocycles. The molecular weight excluding hydrogens is 319 g/mol. The number of halogens is 3. The zero-order valence-electron chi connectivity index (χ0n) is 6.85. The van der Waals surface area contributed by atoms with Gasteiger partial charge in [0.1, 0.15) is 0 Å². The smallest absolute Gasteiger partial charge is 0.191 e. The highest BCUT2D eigenvalue weighted by molar-refractivity contribution is 9.10. The summed E-state index contributed by atoms with van der Waals surface area (Å²) in [6.45, 7) is 1.88. The lowest BCUT2D eigenvalue weighted by Crippen LogP contribution is -2.09. The van der Waals surface area contributed by atoms with E-state index in [-0.39, 0.29) is 5.78 Å². The van der Waals surface area contributed by atoms with E-state index in [2.05, 4.69) is 31.9 Å². The standard InChI is InChI=1S/C9H7Br2ClO/c1-5-2-3-6(10)4-7(5)8(13)9(11)12/h2-4,9H,1H3. The number of carbonyl (C=O) groups is 1. The van der Waals surface area contributed by atoms with Crippen molar-refractivity contribution in [1.82, 2.24) is 0 Å². The largest absolute Gasteiger partial charge is 0.292 e. The summed E-state index contributed by atoms with van der Waals surface area (Å²) in [6, 6.07) is 5.54. The molecule has 1 aromatic carbocycles. The van der Waals surface area contributed by atoms with Crippen molar-refractivity contribution in [2.45, 2.75) is 11.2 Å². The molecule has 1 rings (SSSR count). The van der Waals surface area contributed by atoms with Crippen LogP contribution < -0.4 is 0 Å². The van der Waals surface area contributed by atoms with Gasteiger partial charge in [0.25, 0.3) is 0 Å². The Hall–Kier alpha value is 0.140. The van der Waals surface area contributed by atoms with Crippen molar-refractivity contribution in [2.24, 2.45) is 0 Å². The third-order valence-corrected chi connectivity index (χ3v) is 2.77. The Bertz CT molecular complexity index is 336. The van der Waals surface area contributed by atoms with Gasteiger partial charge in [-0.2, -0.15) is 0 Å². The first kappa shape index (κ1) is 11.2. The minimum Gasteiger partial charge on any atom is -0.292 e. The number of benzene rings is 1. The summed E-state index contributed by atoms with van der Waals surface area (Å²) in [6.07, 6.45) is 0. The first-order valence-electron chi connectivity index (χ1n) is 3.61. The molecule has 0 N–H and O–H groups in total. The van der Waals surface area contributed by atoms with Gasteiger partial charge in [-0.3, -0.25) is 4.79 Å². The topological polar surface area (TPSA) is 17.1 Å². The third-order valence-electron chi connectivity index (χ3n) is 1.66. The number of aryl methyl sites for hydroxylation is 1. The van der Waals surface area contributed by atoms with Crippen molar-refractivity contribution in [2.75, 3.05) is 0 Å². The van der Waals surface area contributed by atoms with E-state index in [1.165, 1.54) is 0 Å². The Morgan fingerprint density at radius 2 is 2.15 bits per heavy atom. The minimum atomic E-state index is -0.652. The zero-order chi connectivity index (χ0) is 10.0. The quantitative estimate of drug-likeness (QED) is 0.595. The van der Waals surface area contributed by atoms with E-state index in [9.17, 15) is 4.79 Å². The lowest BCUT2D eigenvalue weighted by Gasteiger charge is -2.05. The van der Waals surface area contributed by atoms with Crippen molar-refractivity contribution in [3.05, 3.63) is 33.8 Å². The highest BCUT2D eigenvalue weighted by Crippen LogP contribution is 2.20. The predicted molar refractivity (Wildman–Crippen MR) is 61.8 cm³/mol. The second kappa shape index (κ2) is 4.58. The number of ketones is 1. The fourth-order valence-electron chi connectivity index (χ4n) is 0.977. The molecule has 70 valence electrons. The van der Waals surface area contributed by atoms with Crippen molar-refractivity contribution < 1.29 is 4.79 Å². The molecule has 0 aromatic heterocycles. The van der Waals surface area contributed by atoms with E-state index >= 15 is 0 Å². The lowest BCUT2D eigenvalue weighted by atomic mass is 10.1. The zero-order valence-corrected chi connectivity index (χ0v) is 10.8. The summed E-state index contributed by atoms with van der Waals surface area (Å²) in [7, 11) is 0. The number of Topliss-reactive ketones (excluding diaryl/α,β-unsaturated/α-hetero) is 1. The van der Waals surface area contributed by atoms with Crippen LogP contribution in [0.5, 0.6) is 0 Å². The van der Waals surface area contributed by atoms with E-state index in [0.717, 1.165) is 10.0 Å². The average molecular weight is 326 g/mol. The van der Waals surface area contributed by atoms with Crippen molar-refractivity contribution in [3.63, 3.8) is 0 Å². The van der Waals surface area contributed by atoms with Crippen molar-refractivity contribution >= 4 is 49.2 Å². The molecule has 0 saturated heterocycles. The van der Waals surface area contributed by atoms with Crippen LogP contribution in [-0.4, -0.2) is 10.1 Å². The lowest BCUT2D eigenvalue weighted by molar-refractivity contribution is 0.101. The Morgan fingerprint density at radius 3 is 2.69 bits per heavy atom. The van der Waals surface area contributed by atoms with E-state index in [1.807, 2.05) is 19.1 Å². The summed E-state index contributed by atoms with van der Waals surface area (Å²) in [5, 5.41) is 0. The summed E-state index contributed by atoms with van der Waals surface area (Å²) >= 11 is 12.0. The Labute approximate surface area is 98.7 Å². The first-order chi connectivity index (χ1) is 6.02. The van der Waals surface area contributed by atoms with E-state index < -0.39 is 4.29 Å². The molecule has 0 radical (unpaired) electrons. The first-order valence-corrected chi connectivity index (χ1v) is 5.75. The predicted octanol–water partition coefficient (Wildman–Crippen LogP) is 3.90. The molecule has 1 aromatic rings. The molecule has 0 bridgehead atoms.